The van der Waals surface area contributed by atoms with Crippen LogP contribution < -0.4 is 0 Å². The Labute approximate surface area is 94.4 Å². The van der Waals surface area contributed by atoms with Crippen LogP contribution >= 0.6 is 0 Å². The number of carboxylic acid groups (broad SMARTS) is 1. The van der Waals surface area contributed by atoms with Gasteiger partial charge in [-0.3, -0.25) is 0 Å². The lowest BCUT2D eigenvalue weighted by Crippen LogP contribution is -2.29. The van der Waals surface area contributed by atoms with Crippen molar-refractivity contribution >= 4 is 12.2 Å². The fraction of sp³-hybridized carbons (Fsp3) is 0.333. The molecule has 0 radical (unpaired) electrons. The van der Waals surface area contributed by atoms with Gasteiger partial charge in [-0.15, -0.1) is 0 Å². The zero-order chi connectivity index (χ0) is 12.3. The first-order valence-corrected chi connectivity index (χ1v) is 4.95. The van der Waals surface area contributed by atoms with Crippen LogP contribution in [0.3, 0.4) is 0 Å². The second-order valence-electron chi connectivity index (χ2n) is 4.55. The van der Waals surface area contributed by atoms with Crippen LogP contribution in [0.15, 0.2) is 24.3 Å². The van der Waals surface area contributed by atoms with Crippen molar-refractivity contribution in [1.29, 1.82) is 0 Å². The van der Waals surface area contributed by atoms with E-state index in [4.69, 9.17) is 5.11 Å². The maximum absolute atomic E-state index is 11.6. The van der Waals surface area contributed by atoms with E-state index >= 15 is 0 Å². The Morgan fingerprint density at radius 3 is 2.19 bits per heavy atom. The number of hydrogen-bond acceptors (Lipinski definition) is 2. The number of hydroxylamine groups is 1. The summed E-state index contributed by atoms with van der Waals surface area (Å²) in [5, 5.41) is 20.3. The lowest BCUT2D eigenvalue weighted by Gasteiger charge is -2.18. The lowest BCUT2D eigenvalue weighted by molar-refractivity contribution is -0.530. The van der Waals surface area contributed by atoms with E-state index in [-0.39, 0.29) is 5.56 Å². The molecule has 0 saturated heterocycles. The summed E-state index contributed by atoms with van der Waals surface area (Å²) in [5.41, 5.74) is 0.408. The normalized spacial score (nSPS) is 12.6. The molecule has 0 aliphatic carbocycles. The first kappa shape index (κ1) is 12.2. The Hall–Kier alpha value is -1.84. The zero-order valence-corrected chi connectivity index (χ0v) is 9.60. The fourth-order valence-corrected chi connectivity index (χ4v) is 1.04. The number of benzene rings is 1. The third-order valence-corrected chi connectivity index (χ3v) is 2.09. The van der Waals surface area contributed by atoms with E-state index < -0.39 is 11.5 Å². The van der Waals surface area contributed by atoms with Crippen molar-refractivity contribution in [3.05, 3.63) is 40.6 Å². The van der Waals surface area contributed by atoms with Crippen molar-refractivity contribution in [2.24, 2.45) is 0 Å². The minimum absolute atomic E-state index is 0.213. The summed E-state index contributed by atoms with van der Waals surface area (Å²) in [5.74, 6) is -0.971. The molecule has 1 aromatic carbocycles. The van der Waals surface area contributed by atoms with Crippen molar-refractivity contribution in [2.45, 2.75) is 26.3 Å². The number of hydrogen-bond donors (Lipinski definition) is 1. The van der Waals surface area contributed by atoms with Gasteiger partial charge in [-0.25, -0.2) is 9.53 Å². The molecule has 0 atom stereocenters. The number of aromatic carboxylic acids is 1. The molecule has 1 N–H and O–H groups in total. The van der Waals surface area contributed by atoms with Crippen molar-refractivity contribution in [3.8, 4) is 0 Å². The van der Waals surface area contributed by atoms with Gasteiger partial charge in [0.05, 0.1) is 5.56 Å². The highest BCUT2D eigenvalue weighted by Crippen LogP contribution is 2.07. The average molecular weight is 221 g/mol. The van der Waals surface area contributed by atoms with Gasteiger partial charge >= 0.3 is 5.97 Å². The lowest BCUT2D eigenvalue weighted by atomic mass is 10.1. The predicted octanol–water partition coefficient (Wildman–Crippen LogP) is 2.11. The van der Waals surface area contributed by atoms with E-state index in [0.717, 1.165) is 4.74 Å². The summed E-state index contributed by atoms with van der Waals surface area (Å²) in [6.07, 6.45) is 1.45. The van der Waals surface area contributed by atoms with Gasteiger partial charge in [0.2, 0.25) is 0 Å². The predicted molar refractivity (Wildman–Crippen MR) is 61.9 cm³/mol. The SMILES string of the molecule is CC(C)(C)[N+]([O-])=Cc1ccc(C(=O)O)cc1. The van der Waals surface area contributed by atoms with E-state index in [1.807, 2.05) is 20.8 Å². The van der Waals surface area contributed by atoms with Crippen LogP contribution in [0.4, 0.5) is 0 Å². The van der Waals surface area contributed by atoms with Crippen molar-refractivity contribution in [1.82, 2.24) is 0 Å². The second-order valence-corrected chi connectivity index (χ2v) is 4.55. The number of nitrogens with zero attached hydrogens (tertiary/aromatic N) is 1. The molecule has 0 aromatic heterocycles. The van der Waals surface area contributed by atoms with E-state index in [9.17, 15) is 10.0 Å². The van der Waals surface area contributed by atoms with Gasteiger partial charge in [-0.1, -0.05) is 0 Å². The maximum Gasteiger partial charge on any atom is 0.335 e. The fourth-order valence-electron chi connectivity index (χ4n) is 1.04. The highest BCUT2D eigenvalue weighted by atomic mass is 16.5. The topological polar surface area (TPSA) is 63.4 Å². The Morgan fingerprint density at radius 1 is 1.31 bits per heavy atom. The Kier molecular flexibility index (Phi) is 3.32. The van der Waals surface area contributed by atoms with Crippen molar-refractivity contribution in [2.75, 3.05) is 0 Å². The smallest absolute Gasteiger partial charge is 0.335 e. The number of carbonyl (C=O) groups is 1. The van der Waals surface area contributed by atoms with Gasteiger partial charge in [0.25, 0.3) is 0 Å². The van der Waals surface area contributed by atoms with E-state index in [2.05, 4.69) is 0 Å². The molecular formula is C12H15NO3. The molecule has 0 bridgehead atoms. The molecule has 0 heterocycles. The van der Waals surface area contributed by atoms with Crippen LogP contribution in [0.5, 0.6) is 0 Å². The van der Waals surface area contributed by atoms with Gasteiger partial charge in [-0.2, -0.15) is 0 Å². The average Bonchev–Trinajstić information content (AvgIpc) is 2.17. The van der Waals surface area contributed by atoms with E-state index in [1.165, 1.54) is 18.3 Å². The summed E-state index contributed by atoms with van der Waals surface area (Å²) in [6.45, 7) is 5.42. The molecule has 0 fully saturated rings. The summed E-state index contributed by atoms with van der Waals surface area (Å²) in [7, 11) is 0. The van der Waals surface area contributed by atoms with Crippen molar-refractivity contribution in [3.63, 3.8) is 0 Å². The highest BCUT2D eigenvalue weighted by Gasteiger charge is 2.17. The van der Waals surface area contributed by atoms with Gasteiger partial charge in [0, 0.05) is 26.3 Å². The van der Waals surface area contributed by atoms with Crippen LogP contribution in [0.1, 0.15) is 36.7 Å². The monoisotopic (exact) mass is 221 g/mol. The van der Waals surface area contributed by atoms with Gasteiger partial charge < -0.3 is 10.3 Å². The zero-order valence-electron chi connectivity index (χ0n) is 9.60. The first-order valence-electron chi connectivity index (χ1n) is 4.95. The molecule has 0 spiro atoms. The highest BCUT2D eigenvalue weighted by molar-refractivity contribution is 5.88. The van der Waals surface area contributed by atoms with Gasteiger partial charge in [0.1, 0.15) is 0 Å². The van der Waals surface area contributed by atoms with Crippen LogP contribution in [-0.2, 0) is 0 Å². The molecule has 1 rings (SSSR count). The molecule has 86 valence electrons. The molecule has 16 heavy (non-hydrogen) atoms. The number of rotatable bonds is 2. The molecule has 4 nitrogen and oxygen atoms in total. The Morgan fingerprint density at radius 2 is 1.81 bits per heavy atom. The van der Waals surface area contributed by atoms with Crippen LogP contribution in [0, 0.1) is 5.21 Å². The minimum atomic E-state index is -0.971. The summed E-state index contributed by atoms with van der Waals surface area (Å²) in [6, 6.07) is 6.18. The third-order valence-electron chi connectivity index (χ3n) is 2.09. The summed E-state index contributed by atoms with van der Waals surface area (Å²) >= 11 is 0. The molecule has 1 aromatic rings. The van der Waals surface area contributed by atoms with Crippen LogP contribution in [-0.4, -0.2) is 27.6 Å². The van der Waals surface area contributed by atoms with Gasteiger partial charge in [-0.05, 0) is 24.3 Å². The summed E-state index contributed by atoms with van der Waals surface area (Å²) in [4.78, 5) is 10.6. The maximum atomic E-state index is 11.6. The molecule has 4 heteroatoms. The quantitative estimate of drug-likeness (QED) is 0.360. The van der Waals surface area contributed by atoms with E-state index in [1.54, 1.807) is 12.1 Å². The Balaban J connectivity index is 2.96. The first-order chi connectivity index (χ1) is 7.30. The number of carboxylic acids is 1. The third kappa shape index (κ3) is 3.08. The van der Waals surface area contributed by atoms with Crippen LogP contribution in [0.25, 0.3) is 0 Å². The summed E-state index contributed by atoms with van der Waals surface area (Å²) < 4.78 is 0.850. The Bertz CT molecular complexity index is 413. The van der Waals surface area contributed by atoms with Crippen molar-refractivity contribution < 1.29 is 14.6 Å². The second kappa shape index (κ2) is 4.35. The standard InChI is InChI=1S/C12H15NO3/c1-12(2,3)13(16)8-9-4-6-10(7-5-9)11(14)15/h4-8H,1-3H3,(H,14,15). The molecule has 0 saturated carbocycles. The molecule has 0 aliphatic rings. The van der Waals surface area contributed by atoms with E-state index in [0.29, 0.717) is 5.56 Å². The molecule has 0 amide bonds. The van der Waals surface area contributed by atoms with Gasteiger partial charge in [0.15, 0.2) is 11.8 Å². The molecule has 0 aliphatic heterocycles. The minimum Gasteiger partial charge on any atom is -0.623 e. The molecular weight excluding hydrogens is 206 g/mol. The molecule has 0 unspecified atom stereocenters. The largest absolute Gasteiger partial charge is 0.623 e. The van der Waals surface area contributed by atoms with Crippen LogP contribution in [0.2, 0.25) is 0 Å².